The second kappa shape index (κ2) is 10.0. The molecule has 0 spiro atoms. The van der Waals surface area contributed by atoms with Crippen molar-refractivity contribution in [3.05, 3.63) is 76.7 Å². The molecule has 0 bridgehead atoms. The maximum Gasteiger partial charge on any atom is 0.295 e. The van der Waals surface area contributed by atoms with Gasteiger partial charge in [-0.25, -0.2) is 4.98 Å². The normalized spacial score (nSPS) is 17.9. The fourth-order valence-corrected chi connectivity index (χ4v) is 4.91. The van der Waals surface area contributed by atoms with Crippen molar-refractivity contribution in [1.82, 2.24) is 14.3 Å². The maximum atomic E-state index is 14.0. The number of pyridine rings is 1. The topological polar surface area (TPSA) is 82.2 Å². The zero-order valence-corrected chi connectivity index (χ0v) is 21.2. The summed E-state index contributed by atoms with van der Waals surface area (Å²) >= 11 is 0. The van der Waals surface area contributed by atoms with Gasteiger partial charge in [0, 0.05) is 11.8 Å². The Bertz CT molecular complexity index is 1270. The number of fused-ring (bicyclic) bond motifs is 1. The van der Waals surface area contributed by atoms with E-state index in [9.17, 15) is 14.7 Å². The molecule has 1 N–H and O–H groups in total. The molecule has 184 valence electrons. The van der Waals surface area contributed by atoms with Crippen LogP contribution in [0, 0.1) is 6.92 Å². The molecule has 7 nitrogen and oxygen atoms in total. The first-order valence-electron chi connectivity index (χ1n) is 12.4. The second-order valence-corrected chi connectivity index (χ2v) is 9.48. The van der Waals surface area contributed by atoms with E-state index in [1.165, 1.54) is 4.90 Å². The number of hydrogen-bond acceptors (Lipinski definition) is 4. The largest absolute Gasteiger partial charge is 0.871 e. The van der Waals surface area contributed by atoms with E-state index in [0.717, 1.165) is 24.2 Å². The van der Waals surface area contributed by atoms with Gasteiger partial charge in [-0.15, -0.1) is 0 Å². The van der Waals surface area contributed by atoms with Gasteiger partial charge < -0.3 is 19.3 Å². The van der Waals surface area contributed by atoms with E-state index in [0.29, 0.717) is 36.0 Å². The third kappa shape index (κ3) is 4.48. The zero-order chi connectivity index (χ0) is 25.3. The van der Waals surface area contributed by atoms with Gasteiger partial charge in [-0.1, -0.05) is 49.9 Å². The van der Waals surface area contributed by atoms with E-state index >= 15 is 0 Å². The predicted molar refractivity (Wildman–Crippen MR) is 134 cm³/mol. The van der Waals surface area contributed by atoms with Crippen molar-refractivity contribution in [2.75, 3.05) is 26.2 Å². The molecule has 3 heterocycles. The maximum absolute atomic E-state index is 14.0. The van der Waals surface area contributed by atoms with Gasteiger partial charge in [-0.3, -0.25) is 9.59 Å². The summed E-state index contributed by atoms with van der Waals surface area (Å²) in [6.07, 6.45) is 1.76. The van der Waals surface area contributed by atoms with Crippen molar-refractivity contribution < 1.29 is 19.6 Å². The standard InChI is InChI=1S/C28H34N4O3/c1-6-30(7-2)16-17-32-25(21-13-11-20(12-14-21)18(3)4)23(27(34)28(32)35)26(33)24-19(5)29-22-10-8-9-15-31(22)24/h8-15,18,25,33H,6-7,16-17H2,1-5H3. The van der Waals surface area contributed by atoms with Crippen molar-refractivity contribution in [2.24, 2.45) is 0 Å². The molecule has 1 atom stereocenters. The van der Waals surface area contributed by atoms with Crippen LogP contribution in [0.15, 0.2) is 54.2 Å². The SMILES string of the molecule is CC[NH+](CC)CCN1C(=O)C(=O)C(=C([O-])c2c(C)nc3ccccn23)C1c1ccc(C(C)C)cc1. The number of hydrogen-bond donors (Lipinski definition) is 1. The molecule has 0 aliphatic carbocycles. The van der Waals surface area contributed by atoms with Gasteiger partial charge in [0.15, 0.2) is 0 Å². The van der Waals surface area contributed by atoms with Crippen LogP contribution in [-0.2, 0) is 9.59 Å². The molecule has 35 heavy (non-hydrogen) atoms. The van der Waals surface area contributed by atoms with Crippen LogP contribution in [0.5, 0.6) is 0 Å². The predicted octanol–water partition coefficient (Wildman–Crippen LogP) is 1.91. The lowest BCUT2D eigenvalue weighted by Gasteiger charge is -2.28. The number of ketones is 1. The molecule has 0 saturated carbocycles. The smallest absolute Gasteiger partial charge is 0.295 e. The van der Waals surface area contributed by atoms with Gasteiger partial charge >= 0.3 is 0 Å². The summed E-state index contributed by atoms with van der Waals surface area (Å²) in [5.74, 6) is -1.41. The summed E-state index contributed by atoms with van der Waals surface area (Å²) in [6, 6.07) is 12.7. The summed E-state index contributed by atoms with van der Waals surface area (Å²) in [6.45, 7) is 13.2. The number of likely N-dealkylation sites (tertiary alicyclic amines) is 1. The molecule has 1 amide bonds. The van der Waals surface area contributed by atoms with Crippen LogP contribution in [0.4, 0.5) is 0 Å². The number of carbonyl (C=O) groups excluding carboxylic acids is 2. The molecule has 4 rings (SSSR count). The molecule has 1 aliphatic heterocycles. The second-order valence-electron chi connectivity index (χ2n) is 9.48. The van der Waals surface area contributed by atoms with E-state index in [1.807, 2.05) is 42.5 Å². The molecule has 2 aromatic heterocycles. The number of imidazole rings is 1. The van der Waals surface area contributed by atoms with Crippen LogP contribution in [-0.4, -0.2) is 52.2 Å². The lowest BCUT2D eigenvalue weighted by Crippen LogP contribution is -3.12. The summed E-state index contributed by atoms with van der Waals surface area (Å²) in [5.41, 5.74) is 3.44. The first kappa shape index (κ1) is 24.7. The third-order valence-corrected chi connectivity index (χ3v) is 7.07. The van der Waals surface area contributed by atoms with E-state index in [4.69, 9.17) is 0 Å². The molecule has 1 aliphatic rings. The Kier molecular flexibility index (Phi) is 7.08. The highest BCUT2D eigenvalue weighted by molar-refractivity contribution is 6.46. The van der Waals surface area contributed by atoms with E-state index in [-0.39, 0.29) is 5.57 Å². The van der Waals surface area contributed by atoms with Gasteiger partial charge in [-0.2, -0.15) is 0 Å². The van der Waals surface area contributed by atoms with Gasteiger partial charge in [0.25, 0.3) is 5.91 Å². The molecule has 0 radical (unpaired) electrons. The average Bonchev–Trinajstić information content (AvgIpc) is 3.32. The van der Waals surface area contributed by atoms with Crippen LogP contribution in [0.25, 0.3) is 11.4 Å². The van der Waals surface area contributed by atoms with Crippen molar-refractivity contribution in [3.8, 4) is 0 Å². The highest BCUT2D eigenvalue weighted by Gasteiger charge is 2.44. The van der Waals surface area contributed by atoms with Gasteiger partial charge in [0.1, 0.15) is 5.65 Å². The number of carbonyl (C=O) groups is 2. The van der Waals surface area contributed by atoms with Crippen molar-refractivity contribution in [1.29, 1.82) is 0 Å². The zero-order valence-electron chi connectivity index (χ0n) is 21.2. The number of nitrogens with zero attached hydrogens (tertiary/aromatic N) is 3. The van der Waals surface area contributed by atoms with E-state index < -0.39 is 23.5 Å². The van der Waals surface area contributed by atoms with Crippen molar-refractivity contribution in [2.45, 2.75) is 46.6 Å². The summed E-state index contributed by atoms with van der Waals surface area (Å²) in [4.78, 5) is 34.0. The number of aromatic nitrogens is 2. The lowest BCUT2D eigenvalue weighted by atomic mass is 9.94. The Balaban J connectivity index is 1.87. The summed E-state index contributed by atoms with van der Waals surface area (Å²) < 4.78 is 1.70. The van der Waals surface area contributed by atoms with Crippen LogP contribution in [0.2, 0.25) is 0 Å². The number of nitrogens with one attached hydrogen (secondary N) is 1. The van der Waals surface area contributed by atoms with Crippen LogP contribution in [0.3, 0.4) is 0 Å². The monoisotopic (exact) mass is 474 g/mol. The molecular formula is C28H34N4O3. The average molecular weight is 475 g/mol. The third-order valence-electron chi connectivity index (χ3n) is 7.07. The minimum Gasteiger partial charge on any atom is -0.871 e. The molecule has 1 saturated heterocycles. The van der Waals surface area contributed by atoms with Crippen molar-refractivity contribution >= 4 is 23.1 Å². The molecule has 1 fully saturated rings. The van der Waals surface area contributed by atoms with Crippen LogP contribution < -0.4 is 10.0 Å². The first-order valence-corrected chi connectivity index (χ1v) is 12.4. The number of aryl methyl sites for hydroxylation is 1. The fraction of sp³-hybridized carbons (Fsp3) is 0.393. The fourth-order valence-electron chi connectivity index (χ4n) is 4.91. The molecule has 1 unspecified atom stereocenters. The highest BCUT2D eigenvalue weighted by atomic mass is 16.3. The summed E-state index contributed by atoms with van der Waals surface area (Å²) in [7, 11) is 0. The Labute approximate surface area is 206 Å². The molecule has 3 aromatic rings. The summed E-state index contributed by atoms with van der Waals surface area (Å²) in [5, 5.41) is 14.0. The molecule has 1 aromatic carbocycles. The van der Waals surface area contributed by atoms with E-state index in [1.54, 1.807) is 22.4 Å². The van der Waals surface area contributed by atoms with Gasteiger partial charge in [-0.05, 0) is 49.9 Å². The number of quaternary nitrogens is 1. The quantitative estimate of drug-likeness (QED) is 0.307. The Morgan fingerprint density at radius 3 is 2.40 bits per heavy atom. The van der Waals surface area contributed by atoms with Crippen LogP contribution in [0.1, 0.15) is 62.2 Å². The minimum absolute atomic E-state index is 0.00981. The minimum atomic E-state index is -0.715. The number of rotatable bonds is 8. The number of likely N-dealkylation sites (N-methyl/N-ethyl adjacent to an activating group) is 1. The van der Waals surface area contributed by atoms with Crippen molar-refractivity contribution in [3.63, 3.8) is 0 Å². The number of benzene rings is 1. The van der Waals surface area contributed by atoms with E-state index in [2.05, 4.69) is 32.7 Å². The van der Waals surface area contributed by atoms with Gasteiger partial charge in [0.2, 0.25) is 5.78 Å². The first-order chi connectivity index (χ1) is 16.8. The Morgan fingerprint density at radius 1 is 1.09 bits per heavy atom. The molecule has 7 heteroatoms. The molecular weight excluding hydrogens is 440 g/mol. The Morgan fingerprint density at radius 2 is 1.77 bits per heavy atom. The highest BCUT2D eigenvalue weighted by Crippen LogP contribution is 2.39. The van der Waals surface area contributed by atoms with Crippen LogP contribution >= 0.6 is 0 Å². The number of amides is 1. The van der Waals surface area contributed by atoms with Gasteiger partial charge in [0.05, 0.1) is 43.6 Å². The number of Topliss-reactive ketones (excluding diaryl/α,β-unsaturated/α-hetero) is 1. The lowest BCUT2D eigenvalue weighted by molar-refractivity contribution is -0.895. The Hall–Kier alpha value is -3.45.